The van der Waals surface area contributed by atoms with Gasteiger partial charge in [-0.15, -0.1) is 0 Å². The molecule has 0 bridgehead atoms. The minimum Gasteiger partial charge on any atom is -0.460 e. The number of nitrogens with zero attached hydrogens (tertiary/aromatic N) is 22. The highest BCUT2D eigenvalue weighted by Gasteiger charge is 2.52. The predicted molar refractivity (Wildman–Crippen MR) is 603 cm³/mol. The van der Waals surface area contributed by atoms with E-state index in [0.717, 1.165) is 116 Å². The number of nitrogens with one attached hydrogen (secondary N) is 6. The lowest BCUT2D eigenvalue weighted by molar-refractivity contribution is -0.0582. The van der Waals surface area contributed by atoms with Crippen molar-refractivity contribution in [3.05, 3.63) is 0 Å². The Bertz CT molecular complexity index is 4430. The zero-order valence-electron chi connectivity index (χ0n) is 100.0. The molecule has 0 amide bonds. The molecule has 8 aliphatic heterocycles. The summed E-state index contributed by atoms with van der Waals surface area (Å²) in [6.45, 7) is 80.4. The number of aromatic nitrogens is 12. The predicted octanol–water partition coefficient (Wildman–Crippen LogP) is 21.0. The Morgan fingerprint density at radius 2 is 0.356 bits per heavy atom. The lowest BCUT2D eigenvalue weighted by Gasteiger charge is -2.54. The molecule has 12 rings (SSSR count). The number of anilines is 8. The van der Waals surface area contributed by atoms with Crippen LogP contribution in [0, 0.1) is 23.7 Å². The van der Waals surface area contributed by atoms with Crippen LogP contribution in [0.25, 0.3) is 0 Å². The molecule has 0 saturated carbocycles. The van der Waals surface area contributed by atoms with E-state index in [0.29, 0.717) is 137 Å². The average Bonchev–Trinajstić information content (AvgIpc) is 0.776. The van der Waals surface area contributed by atoms with Crippen LogP contribution in [0.1, 0.15) is 401 Å². The Morgan fingerprint density at radius 1 is 0.199 bits per heavy atom. The van der Waals surface area contributed by atoms with Gasteiger partial charge in [0.1, 0.15) is 24.4 Å². The Morgan fingerprint density at radius 3 is 0.541 bits per heavy atom. The number of hydrogen-bond acceptors (Lipinski definition) is 32. The first-order chi connectivity index (χ1) is 67.4. The van der Waals surface area contributed by atoms with Crippen molar-refractivity contribution < 1.29 is 18.9 Å². The summed E-state index contributed by atoms with van der Waals surface area (Å²) in [6.07, 6.45) is 27.8. The van der Waals surface area contributed by atoms with Crippen LogP contribution in [-0.2, 0) is 0 Å². The zero-order valence-corrected chi connectivity index (χ0v) is 100.0. The molecule has 0 atom stereocenters. The first-order valence-corrected chi connectivity index (χ1v) is 56.9. The molecule has 0 unspecified atom stereocenters. The second-order valence-electron chi connectivity index (χ2n) is 56.7. The summed E-state index contributed by atoms with van der Waals surface area (Å²) in [5.41, 5.74) is -0.369. The normalized spacial score (nSPS) is 24.6. The first kappa shape index (κ1) is 118. The molecule has 12 heterocycles. The van der Waals surface area contributed by atoms with Crippen LogP contribution < -0.4 is 60.6 Å². The molecule has 32 nitrogen and oxygen atoms in total. The third-order valence-corrected chi connectivity index (χ3v) is 38.0. The van der Waals surface area contributed by atoms with Crippen molar-refractivity contribution in [3.63, 3.8) is 0 Å². The highest BCUT2D eigenvalue weighted by molar-refractivity contribution is 5.44. The SMILES string of the molecule is CN1C(C)(C)CC(CCCCNc2nc(NCCN(CCN(CCNc3nc(NCCCCC4CC(C)(C)N(C)C(C)(C)C4)nc(OC4CC(C)(C)N(C)C(C)(C)C4)n3)c3nc(NCCCCC4CC(C)(C)N(C)C(C)(C)C4)nc(OC4CC(C)(C)N(C)C(C)(C)C4)n3)c3nc(NCCCCC4CC(C)(C)N(C)C(C)(C)C4)nc(OC4CC(C)(C)N(C)C(C)(C)C4)n3)nc(OC3CC(C)(C)N(C)C(C)(C)C3)n2)CC1(C)C. The van der Waals surface area contributed by atoms with E-state index in [4.69, 9.17) is 78.8 Å². The van der Waals surface area contributed by atoms with E-state index in [2.05, 4.69) is 359 Å². The summed E-state index contributed by atoms with van der Waals surface area (Å²) in [5, 5.41) is 22.5. The molecule has 8 fully saturated rings. The maximum Gasteiger partial charge on any atom is 0.323 e. The van der Waals surface area contributed by atoms with Crippen molar-refractivity contribution in [3.8, 4) is 24.0 Å². The van der Waals surface area contributed by atoms with E-state index in [1.807, 2.05) is 0 Å². The van der Waals surface area contributed by atoms with Crippen molar-refractivity contribution in [2.75, 3.05) is 164 Å². The fourth-order valence-electron chi connectivity index (χ4n) is 28.1. The highest BCUT2D eigenvalue weighted by atomic mass is 16.5. The molecule has 830 valence electrons. The van der Waals surface area contributed by atoms with Gasteiger partial charge >= 0.3 is 24.0 Å². The topological polar surface area (TPSA) is 296 Å². The van der Waals surface area contributed by atoms with Crippen LogP contribution in [-0.4, -0.2) is 334 Å². The lowest BCUT2D eigenvalue weighted by Crippen LogP contribution is -2.60. The van der Waals surface area contributed by atoms with Crippen molar-refractivity contribution in [1.82, 2.24) is 99.0 Å². The van der Waals surface area contributed by atoms with Gasteiger partial charge in [-0.1, -0.05) is 51.4 Å². The Balaban J connectivity index is 0.926. The Kier molecular flexibility index (Phi) is 36.8. The molecule has 4 aromatic heterocycles. The second kappa shape index (κ2) is 45.5. The summed E-state index contributed by atoms with van der Waals surface area (Å²) in [5.74, 6) is 6.10. The number of hydrogen-bond donors (Lipinski definition) is 6. The lowest BCUT2D eigenvalue weighted by atomic mass is 9.72. The van der Waals surface area contributed by atoms with E-state index < -0.39 is 0 Å². The van der Waals surface area contributed by atoms with Gasteiger partial charge in [-0.25, -0.2) is 0 Å². The maximum atomic E-state index is 7.28. The van der Waals surface area contributed by atoms with Gasteiger partial charge in [0.2, 0.25) is 47.6 Å². The fourth-order valence-corrected chi connectivity index (χ4v) is 28.1. The summed E-state index contributed by atoms with van der Waals surface area (Å²) in [6, 6.07) is 1.13. The smallest absolute Gasteiger partial charge is 0.323 e. The molecule has 6 N–H and O–H groups in total. The van der Waals surface area contributed by atoms with E-state index in [-0.39, 0.29) is 137 Å². The molecule has 8 aliphatic rings. The summed E-state index contributed by atoms with van der Waals surface area (Å²) < 4.78 is 28.7. The molecule has 0 spiro atoms. The number of ether oxygens (including phenoxy) is 4. The highest BCUT2D eigenvalue weighted by Crippen LogP contribution is 2.50. The molecule has 0 aromatic carbocycles. The standard InChI is InChI=1S/C114H210N28O4/c1-99(2)63-79(64-100(3,4)133(99)33)49-41-45-53-115-87-121-89(127-95(125-87)143-83-71-107(17,18)137(37)108(19,20)72-83)119-57-59-141(93-123-91(117-55-47-43-51-81-67-103(9,10)135(35)104(11,12)68-81)129-97(131-93)145-85-75-111(25,26)139(39)112(27,28)76-85)61-62-142(94-124-92(118-56-48-44-52-82-69-105(13,14)136(36)106(15,16)70-82)130-98(132-94)146-86-77-113(29,30)140(40)114(31,32)78-86)60-58-120-90-122-88(116-54-46-42-50-80-65-101(5,6)134(34)102(7,8)66-80)126-96(128-90)144-84-73-109(21,22)138(38)110(23,24)74-84/h79-86H,41-78H2,1-40H3,(H,117,123,129,131)(H,118,124,130,132)(H2,115,119,121,125,127)(H2,116,120,122,126,128). The van der Waals surface area contributed by atoms with Gasteiger partial charge < -0.3 is 60.6 Å². The average molecular weight is 2040 g/mol. The fraction of sp³-hybridized carbons (Fsp3) is 0.895. The molecular weight excluding hydrogens is 1830 g/mol. The van der Waals surface area contributed by atoms with Crippen molar-refractivity contribution in [2.24, 2.45) is 23.7 Å². The Labute approximate surface area is 886 Å². The second-order valence-corrected chi connectivity index (χ2v) is 56.7. The molecule has 0 radical (unpaired) electrons. The number of rotatable bonds is 45. The third-order valence-electron chi connectivity index (χ3n) is 38.0. The molecular formula is C114H210N28O4. The monoisotopic (exact) mass is 2040 g/mol. The van der Waals surface area contributed by atoms with Gasteiger partial charge in [0.15, 0.2) is 0 Å². The summed E-state index contributed by atoms with van der Waals surface area (Å²) >= 11 is 0. The van der Waals surface area contributed by atoms with E-state index in [9.17, 15) is 0 Å². The van der Waals surface area contributed by atoms with Gasteiger partial charge in [-0.2, -0.15) is 59.8 Å². The van der Waals surface area contributed by atoms with Crippen molar-refractivity contribution in [1.29, 1.82) is 0 Å². The van der Waals surface area contributed by atoms with Crippen LogP contribution >= 0.6 is 0 Å². The number of unbranched alkanes of at least 4 members (excludes halogenated alkanes) is 4. The minimum absolute atomic E-state index is 0.108. The Hall–Kier alpha value is -6.68. The molecule has 0 aliphatic carbocycles. The molecule has 4 aromatic rings. The van der Waals surface area contributed by atoms with Gasteiger partial charge in [0.05, 0.1) is 0 Å². The first-order valence-electron chi connectivity index (χ1n) is 56.9. The minimum atomic E-state index is -0.199. The van der Waals surface area contributed by atoms with Crippen molar-refractivity contribution >= 4 is 47.6 Å². The van der Waals surface area contributed by atoms with Crippen LogP contribution in [0.2, 0.25) is 0 Å². The quantitative estimate of drug-likeness (QED) is 0.0224. The van der Waals surface area contributed by atoms with E-state index >= 15 is 0 Å². The van der Waals surface area contributed by atoms with E-state index in [1.165, 1.54) is 64.2 Å². The zero-order chi connectivity index (χ0) is 108. The summed E-state index contributed by atoms with van der Waals surface area (Å²) in [7, 11) is 18.1. The van der Waals surface area contributed by atoms with Crippen LogP contribution in [0.15, 0.2) is 0 Å². The van der Waals surface area contributed by atoms with Crippen LogP contribution in [0.4, 0.5) is 47.6 Å². The van der Waals surface area contributed by atoms with E-state index in [1.54, 1.807) is 0 Å². The molecule has 146 heavy (non-hydrogen) atoms. The van der Waals surface area contributed by atoms with Crippen LogP contribution in [0.3, 0.4) is 0 Å². The largest absolute Gasteiger partial charge is 0.460 e. The molecule has 8 saturated heterocycles. The number of likely N-dealkylation sites (tertiary alicyclic amines) is 8. The van der Waals surface area contributed by atoms with Gasteiger partial charge in [0.25, 0.3) is 0 Å². The maximum absolute atomic E-state index is 7.28. The van der Waals surface area contributed by atoms with Gasteiger partial charge in [-0.05, 0) is 379 Å². The van der Waals surface area contributed by atoms with Gasteiger partial charge in [0, 0.05) is 205 Å². The third kappa shape index (κ3) is 30.3. The molecule has 32 heteroatoms. The van der Waals surface area contributed by atoms with Crippen molar-refractivity contribution in [2.45, 2.75) is 514 Å². The van der Waals surface area contributed by atoms with Crippen LogP contribution in [0.5, 0.6) is 24.0 Å². The summed E-state index contributed by atoms with van der Waals surface area (Å²) in [4.78, 5) is 88.4. The number of piperidine rings is 8. The van der Waals surface area contributed by atoms with Gasteiger partial charge in [-0.3, -0.25) is 39.2 Å².